The first-order chi connectivity index (χ1) is 8.91. The van der Waals surface area contributed by atoms with Crippen molar-refractivity contribution in [1.29, 1.82) is 0 Å². The molecule has 0 fully saturated rings. The summed E-state index contributed by atoms with van der Waals surface area (Å²) in [6.07, 6.45) is 0. The van der Waals surface area contributed by atoms with Gasteiger partial charge in [0.1, 0.15) is 0 Å². The average molecular weight is 253 g/mol. The molecule has 0 amide bonds. The predicted octanol–water partition coefficient (Wildman–Crippen LogP) is 4.34. The largest absolute Gasteiger partial charge is 0.318 e. The zero-order chi connectivity index (χ0) is 14.0. The Bertz CT molecular complexity index is 533. The van der Waals surface area contributed by atoms with E-state index in [1.54, 1.807) is 0 Å². The lowest BCUT2D eigenvalue weighted by atomic mass is 9.84. The topological polar surface area (TPSA) is 26.0 Å². The van der Waals surface area contributed by atoms with E-state index >= 15 is 0 Å². The Kier molecular flexibility index (Phi) is 3.77. The maximum absolute atomic E-state index is 6.54. The van der Waals surface area contributed by atoms with Crippen LogP contribution in [-0.2, 0) is 5.54 Å². The monoisotopic (exact) mass is 253 g/mol. The van der Waals surface area contributed by atoms with Crippen LogP contribution >= 0.6 is 0 Å². The lowest BCUT2D eigenvalue weighted by molar-refractivity contribution is 0.602. The van der Waals surface area contributed by atoms with Crippen molar-refractivity contribution in [2.75, 3.05) is 0 Å². The van der Waals surface area contributed by atoms with Crippen molar-refractivity contribution in [1.82, 2.24) is 0 Å². The first-order valence-corrected chi connectivity index (χ1v) is 6.87. The summed E-state index contributed by atoms with van der Waals surface area (Å²) in [5.41, 5.74) is 11.0. The van der Waals surface area contributed by atoms with Gasteiger partial charge >= 0.3 is 0 Å². The Morgan fingerprint density at radius 3 is 1.68 bits per heavy atom. The smallest absolute Gasteiger partial charge is 0.0636 e. The molecule has 0 saturated heterocycles. The molecule has 0 aromatic heterocycles. The molecule has 2 aromatic rings. The van der Waals surface area contributed by atoms with Crippen molar-refractivity contribution in [2.24, 2.45) is 5.73 Å². The summed E-state index contributed by atoms with van der Waals surface area (Å²) < 4.78 is 0. The molecule has 0 saturated carbocycles. The zero-order valence-electron chi connectivity index (χ0n) is 12.3. The fraction of sp³-hybridized carbons (Fsp3) is 0.333. The SMILES string of the molecule is Cc1ccc(C(C)(N)c2ccc(C(C)C)cc2)cc1. The molecule has 1 nitrogen and oxygen atoms in total. The van der Waals surface area contributed by atoms with Gasteiger partial charge in [-0.25, -0.2) is 0 Å². The lowest BCUT2D eigenvalue weighted by Crippen LogP contribution is -2.34. The van der Waals surface area contributed by atoms with Crippen LogP contribution < -0.4 is 5.73 Å². The number of hydrogen-bond acceptors (Lipinski definition) is 1. The summed E-state index contributed by atoms with van der Waals surface area (Å²) >= 11 is 0. The number of rotatable bonds is 3. The third-order valence-corrected chi connectivity index (χ3v) is 3.83. The highest BCUT2D eigenvalue weighted by Crippen LogP contribution is 2.28. The van der Waals surface area contributed by atoms with E-state index in [-0.39, 0.29) is 0 Å². The molecule has 1 heteroatoms. The number of benzene rings is 2. The van der Waals surface area contributed by atoms with Gasteiger partial charge in [0.05, 0.1) is 5.54 Å². The van der Waals surface area contributed by atoms with E-state index in [4.69, 9.17) is 5.73 Å². The van der Waals surface area contributed by atoms with Crippen LogP contribution in [0.1, 0.15) is 48.9 Å². The fourth-order valence-corrected chi connectivity index (χ4v) is 2.28. The van der Waals surface area contributed by atoms with Gasteiger partial charge in [-0.1, -0.05) is 67.9 Å². The first kappa shape index (κ1) is 13.8. The minimum absolute atomic E-state index is 0.441. The number of hydrogen-bond donors (Lipinski definition) is 1. The highest BCUT2D eigenvalue weighted by molar-refractivity contribution is 5.39. The summed E-state index contributed by atoms with van der Waals surface area (Å²) in [7, 11) is 0. The zero-order valence-corrected chi connectivity index (χ0v) is 12.3. The fourth-order valence-electron chi connectivity index (χ4n) is 2.28. The lowest BCUT2D eigenvalue weighted by Gasteiger charge is -2.26. The molecule has 2 N–H and O–H groups in total. The minimum atomic E-state index is -0.441. The molecule has 0 aliphatic heterocycles. The van der Waals surface area contributed by atoms with Gasteiger partial charge in [0.25, 0.3) is 0 Å². The van der Waals surface area contributed by atoms with Crippen LogP contribution in [0.3, 0.4) is 0 Å². The van der Waals surface area contributed by atoms with E-state index in [0.29, 0.717) is 5.92 Å². The summed E-state index contributed by atoms with van der Waals surface area (Å²) in [4.78, 5) is 0. The van der Waals surface area contributed by atoms with E-state index in [9.17, 15) is 0 Å². The van der Waals surface area contributed by atoms with Crippen LogP contribution in [0.2, 0.25) is 0 Å². The second kappa shape index (κ2) is 5.18. The summed E-state index contributed by atoms with van der Waals surface area (Å²) in [5.74, 6) is 0.553. The van der Waals surface area contributed by atoms with Crippen molar-refractivity contribution in [3.05, 3.63) is 70.8 Å². The summed E-state index contributed by atoms with van der Waals surface area (Å²) in [6.45, 7) is 8.57. The highest BCUT2D eigenvalue weighted by Gasteiger charge is 2.23. The molecule has 100 valence electrons. The molecule has 0 bridgehead atoms. The molecule has 19 heavy (non-hydrogen) atoms. The quantitative estimate of drug-likeness (QED) is 0.865. The van der Waals surface area contributed by atoms with Gasteiger partial charge in [0.2, 0.25) is 0 Å². The van der Waals surface area contributed by atoms with E-state index < -0.39 is 5.54 Å². The minimum Gasteiger partial charge on any atom is -0.318 e. The van der Waals surface area contributed by atoms with Gasteiger partial charge < -0.3 is 5.73 Å². The Labute approximate surface area is 116 Å². The Morgan fingerprint density at radius 1 is 0.842 bits per heavy atom. The first-order valence-electron chi connectivity index (χ1n) is 6.87. The second-order valence-corrected chi connectivity index (χ2v) is 5.85. The standard InChI is InChI=1S/C18H23N/c1-13(2)15-7-11-17(12-8-15)18(4,19)16-9-5-14(3)6-10-16/h5-13H,19H2,1-4H3. The number of nitrogens with two attached hydrogens (primary N) is 1. The summed E-state index contributed by atoms with van der Waals surface area (Å²) in [5, 5.41) is 0. The van der Waals surface area contributed by atoms with Crippen LogP contribution in [0.25, 0.3) is 0 Å². The molecule has 2 rings (SSSR count). The van der Waals surface area contributed by atoms with Gasteiger partial charge in [-0.05, 0) is 36.5 Å². The summed E-state index contributed by atoms with van der Waals surface area (Å²) in [6, 6.07) is 17.1. The normalized spacial score (nSPS) is 14.4. The second-order valence-electron chi connectivity index (χ2n) is 5.85. The molecule has 0 heterocycles. The average Bonchev–Trinajstić information content (AvgIpc) is 2.39. The van der Waals surface area contributed by atoms with Crippen LogP contribution in [0.4, 0.5) is 0 Å². The third-order valence-electron chi connectivity index (χ3n) is 3.83. The maximum Gasteiger partial charge on any atom is 0.0636 e. The number of aryl methyl sites for hydroxylation is 1. The van der Waals surface area contributed by atoms with Crippen LogP contribution in [0.15, 0.2) is 48.5 Å². The van der Waals surface area contributed by atoms with Crippen molar-refractivity contribution in [2.45, 2.75) is 39.2 Å². The molecule has 1 atom stereocenters. The molecule has 0 radical (unpaired) electrons. The maximum atomic E-state index is 6.54. The molecular weight excluding hydrogens is 230 g/mol. The van der Waals surface area contributed by atoms with E-state index in [1.807, 2.05) is 0 Å². The Balaban J connectivity index is 2.35. The third kappa shape index (κ3) is 2.87. The van der Waals surface area contributed by atoms with Crippen molar-refractivity contribution < 1.29 is 0 Å². The van der Waals surface area contributed by atoms with Gasteiger partial charge in [0.15, 0.2) is 0 Å². The van der Waals surface area contributed by atoms with Crippen molar-refractivity contribution in [3.63, 3.8) is 0 Å². The van der Waals surface area contributed by atoms with Gasteiger partial charge in [-0.15, -0.1) is 0 Å². The van der Waals surface area contributed by atoms with Crippen LogP contribution in [-0.4, -0.2) is 0 Å². The Morgan fingerprint density at radius 2 is 1.26 bits per heavy atom. The molecule has 1 unspecified atom stereocenters. The van der Waals surface area contributed by atoms with E-state index in [0.717, 1.165) is 11.1 Å². The Hall–Kier alpha value is -1.60. The van der Waals surface area contributed by atoms with Crippen molar-refractivity contribution in [3.8, 4) is 0 Å². The van der Waals surface area contributed by atoms with E-state index in [2.05, 4.69) is 76.2 Å². The van der Waals surface area contributed by atoms with Crippen LogP contribution in [0, 0.1) is 6.92 Å². The van der Waals surface area contributed by atoms with Crippen molar-refractivity contribution >= 4 is 0 Å². The van der Waals surface area contributed by atoms with Gasteiger partial charge in [-0.2, -0.15) is 0 Å². The predicted molar refractivity (Wildman–Crippen MR) is 82.4 cm³/mol. The van der Waals surface area contributed by atoms with Crippen LogP contribution in [0.5, 0.6) is 0 Å². The molecule has 0 aliphatic rings. The molecule has 2 aromatic carbocycles. The van der Waals surface area contributed by atoms with Gasteiger partial charge in [-0.3, -0.25) is 0 Å². The molecular formula is C18H23N. The molecule has 0 aliphatic carbocycles. The highest BCUT2D eigenvalue weighted by atomic mass is 14.7. The molecule has 0 spiro atoms. The van der Waals surface area contributed by atoms with E-state index in [1.165, 1.54) is 11.1 Å². The van der Waals surface area contributed by atoms with Gasteiger partial charge in [0, 0.05) is 0 Å².